The van der Waals surface area contributed by atoms with Crippen LogP contribution >= 0.6 is 0 Å². The molecule has 0 heterocycles. The Morgan fingerprint density at radius 3 is 3.00 bits per heavy atom. The van der Waals surface area contributed by atoms with E-state index in [0.717, 1.165) is 25.0 Å². The normalized spacial score (nSPS) is 16.2. The fraction of sp³-hybridized carbons (Fsp3) is 0.308. The molecule has 0 amide bonds. The van der Waals surface area contributed by atoms with E-state index < -0.39 is 0 Å². The zero-order valence-electron chi connectivity index (χ0n) is 9.03. The number of hydrogen-bond acceptors (Lipinski definition) is 2. The average Bonchev–Trinajstić information content (AvgIpc) is 2.30. The molecule has 0 bridgehead atoms. The first kappa shape index (κ1) is 10.9. The third-order valence-electron chi connectivity index (χ3n) is 2.47. The Morgan fingerprint density at radius 2 is 2.25 bits per heavy atom. The number of nitrogens with zero attached hydrogens (tertiary/aromatic N) is 1. The highest BCUT2D eigenvalue weighted by atomic mass is 19.1. The monoisotopic (exact) mass is 219 g/mol. The van der Waals surface area contributed by atoms with Gasteiger partial charge in [-0.3, -0.25) is 0 Å². The molecule has 0 aromatic heterocycles. The van der Waals surface area contributed by atoms with E-state index in [1.165, 1.54) is 24.8 Å². The van der Waals surface area contributed by atoms with Gasteiger partial charge in [0.05, 0.1) is 6.21 Å². The maximum atomic E-state index is 12.8. The minimum absolute atomic E-state index is 0.263. The first-order valence-corrected chi connectivity index (χ1v) is 5.49. The molecule has 16 heavy (non-hydrogen) atoms. The molecule has 2 rings (SSSR count). The lowest BCUT2D eigenvalue weighted by atomic mass is 10.1. The molecule has 3 heteroatoms. The van der Waals surface area contributed by atoms with E-state index in [-0.39, 0.29) is 5.82 Å². The van der Waals surface area contributed by atoms with Crippen molar-refractivity contribution >= 4 is 6.21 Å². The van der Waals surface area contributed by atoms with Gasteiger partial charge < -0.3 is 4.84 Å². The van der Waals surface area contributed by atoms with Crippen molar-refractivity contribution in [3.05, 3.63) is 47.5 Å². The quantitative estimate of drug-likeness (QED) is 0.562. The van der Waals surface area contributed by atoms with Gasteiger partial charge in [0.2, 0.25) is 0 Å². The molecule has 84 valence electrons. The maximum absolute atomic E-state index is 12.8. The van der Waals surface area contributed by atoms with Crippen molar-refractivity contribution in [1.29, 1.82) is 0 Å². The summed E-state index contributed by atoms with van der Waals surface area (Å²) >= 11 is 0. The Hall–Kier alpha value is -1.64. The molecular formula is C13H14FNO. The second-order valence-electron chi connectivity index (χ2n) is 3.80. The number of oxime groups is 1. The molecule has 1 aliphatic carbocycles. The van der Waals surface area contributed by atoms with Crippen LogP contribution in [0.3, 0.4) is 0 Å². The average molecular weight is 219 g/mol. The van der Waals surface area contributed by atoms with Crippen molar-refractivity contribution in [3.8, 4) is 0 Å². The number of benzene rings is 1. The molecule has 0 unspecified atom stereocenters. The van der Waals surface area contributed by atoms with Gasteiger partial charge in [0.25, 0.3) is 0 Å². The van der Waals surface area contributed by atoms with E-state index in [4.69, 9.17) is 4.84 Å². The van der Waals surface area contributed by atoms with Crippen LogP contribution < -0.4 is 0 Å². The van der Waals surface area contributed by atoms with Gasteiger partial charge in [-0.2, -0.15) is 0 Å². The Bertz CT molecular complexity index is 412. The highest BCUT2D eigenvalue weighted by Gasteiger charge is 2.03. The van der Waals surface area contributed by atoms with Gasteiger partial charge in [0.1, 0.15) is 11.6 Å². The first-order chi connectivity index (χ1) is 7.84. The first-order valence-electron chi connectivity index (χ1n) is 5.49. The molecule has 2 nitrogen and oxygen atoms in total. The predicted octanol–water partition coefficient (Wildman–Crippen LogP) is 3.63. The summed E-state index contributed by atoms with van der Waals surface area (Å²) in [5.41, 5.74) is 0.705. The molecule has 0 fully saturated rings. The molecule has 1 aromatic rings. The fourth-order valence-corrected chi connectivity index (χ4v) is 1.63. The Kier molecular flexibility index (Phi) is 3.70. The minimum atomic E-state index is -0.263. The van der Waals surface area contributed by atoms with Crippen LogP contribution in [0.4, 0.5) is 4.39 Å². The Labute approximate surface area is 94.4 Å². The predicted molar refractivity (Wildman–Crippen MR) is 61.6 cm³/mol. The van der Waals surface area contributed by atoms with Crippen molar-refractivity contribution in [1.82, 2.24) is 0 Å². The lowest BCUT2D eigenvalue weighted by Crippen LogP contribution is -1.93. The topological polar surface area (TPSA) is 21.6 Å². The van der Waals surface area contributed by atoms with Crippen molar-refractivity contribution in [2.24, 2.45) is 5.16 Å². The number of halogens is 1. The van der Waals surface area contributed by atoms with Crippen LogP contribution in [0.15, 0.2) is 41.3 Å². The zero-order valence-corrected chi connectivity index (χ0v) is 9.03. The van der Waals surface area contributed by atoms with Crippen molar-refractivity contribution in [2.45, 2.75) is 25.7 Å². The molecule has 0 N–H and O–H groups in total. The van der Waals surface area contributed by atoms with E-state index >= 15 is 0 Å². The van der Waals surface area contributed by atoms with Gasteiger partial charge in [0.15, 0.2) is 0 Å². The van der Waals surface area contributed by atoms with Crippen molar-refractivity contribution in [2.75, 3.05) is 0 Å². The van der Waals surface area contributed by atoms with E-state index in [0.29, 0.717) is 5.56 Å². The molecule has 0 spiro atoms. The van der Waals surface area contributed by atoms with Crippen LogP contribution in [0.2, 0.25) is 0 Å². The van der Waals surface area contributed by atoms with Crippen molar-refractivity contribution < 1.29 is 9.23 Å². The second-order valence-corrected chi connectivity index (χ2v) is 3.80. The largest absolute Gasteiger partial charge is 0.362 e. The molecule has 0 atom stereocenters. The smallest absolute Gasteiger partial charge is 0.131 e. The second kappa shape index (κ2) is 5.45. The van der Waals surface area contributed by atoms with Gasteiger partial charge >= 0.3 is 0 Å². The maximum Gasteiger partial charge on any atom is 0.131 e. The zero-order chi connectivity index (χ0) is 11.2. The van der Waals surface area contributed by atoms with Gasteiger partial charge in [-0.15, -0.1) is 0 Å². The summed E-state index contributed by atoms with van der Waals surface area (Å²) in [5.74, 6) is 0.653. The van der Waals surface area contributed by atoms with Gasteiger partial charge in [-0.1, -0.05) is 17.3 Å². The molecular weight excluding hydrogens is 205 g/mol. The molecule has 0 saturated carbocycles. The minimum Gasteiger partial charge on any atom is -0.362 e. The van der Waals surface area contributed by atoms with Gasteiger partial charge in [-0.05, 0) is 43.0 Å². The van der Waals surface area contributed by atoms with Crippen LogP contribution in [-0.4, -0.2) is 6.21 Å². The molecule has 1 aliphatic rings. The summed E-state index contributed by atoms with van der Waals surface area (Å²) in [6, 6.07) is 6.26. The molecule has 0 saturated heterocycles. The van der Waals surface area contributed by atoms with Gasteiger partial charge in [0, 0.05) is 6.42 Å². The lowest BCUT2D eigenvalue weighted by Gasteiger charge is -2.08. The fourth-order valence-electron chi connectivity index (χ4n) is 1.63. The van der Waals surface area contributed by atoms with E-state index in [1.807, 2.05) is 0 Å². The number of allylic oxidation sites excluding steroid dienone is 2. The summed E-state index contributed by atoms with van der Waals surface area (Å²) in [7, 11) is 0. The highest BCUT2D eigenvalue weighted by Crippen LogP contribution is 2.18. The van der Waals surface area contributed by atoms with Crippen LogP contribution in [0.5, 0.6) is 0 Å². The SMILES string of the molecule is Fc1cccc(C=NOC2=CCCCC2)c1. The molecule has 1 aromatic carbocycles. The summed E-state index contributed by atoms with van der Waals surface area (Å²) in [6.45, 7) is 0. The van der Waals surface area contributed by atoms with Crippen molar-refractivity contribution in [3.63, 3.8) is 0 Å². The summed E-state index contributed by atoms with van der Waals surface area (Å²) in [4.78, 5) is 5.23. The third-order valence-corrected chi connectivity index (χ3v) is 2.47. The lowest BCUT2D eigenvalue weighted by molar-refractivity contribution is 0.210. The van der Waals surface area contributed by atoms with Crippen LogP contribution in [-0.2, 0) is 4.84 Å². The molecule has 0 radical (unpaired) electrons. The Morgan fingerprint density at radius 1 is 1.31 bits per heavy atom. The number of hydrogen-bond donors (Lipinski definition) is 0. The van der Waals surface area contributed by atoms with Gasteiger partial charge in [-0.25, -0.2) is 4.39 Å². The third kappa shape index (κ3) is 3.19. The standard InChI is InChI=1S/C13H14FNO/c14-12-6-4-5-11(9-12)10-15-16-13-7-2-1-3-8-13/h4-7,9-10H,1-3,8H2. The van der Waals surface area contributed by atoms with E-state index in [2.05, 4.69) is 11.2 Å². The summed E-state index contributed by atoms with van der Waals surface area (Å²) in [5, 5.41) is 3.85. The molecule has 0 aliphatic heterocycles. The summed E-state index contributed by atoms with van der Waals surface area (Å²) in [6.07, 6.45) is 7.97. The van der Waals surface area contributed by atoms with E-state index in [9.17, 15) is 4.39 Å². The summed E-state index contributed by atoms with van der Waals surface area (Å²) < 4.78 is 12.8. The number of rotatable bonds is 3. The van der Waals surface area contributed by atoms with Crippen LogP contribution in [0.25, 0.3) is 0 Å². The Balaban J connectivity index is 1.92. The van der Waals surface area contributed by atoms with Crippen LogP contribution in [0, 0.1) is 5.82 Å². The van der Waals surface area contributed by atoms with Crippen LogP contribution in [0.1, 0.15) is 31.2 Å². The highest BCUT2D eigenvalue weighted by molar-refractivity contribution is 5.78. The van der Waals surface area contributed by atoms with E-state index in [1.54, 1.807) is 12.1 Å².